The highest BCUT2D eigenvalue weighted by Crippen LogP contribution is 2.20. The number of hydrogen-bond acceptors (Lipinski definition) is 3. The number of thiophene rings is 1. The monoisotopic (exact) mass is 296 g/mol. The highest BCUT2D eigenvalue weighted by Gasteiger charge is 1.98. The fraction of sp³-hybridized carbons (Fsp3) is 0.250. The Hall–Kier alpha value is -0.710. The van der Waals surface area contributed by atoms with Crippen LogP contribution in [-0.4, -0.2) is 4.98 Å². The molecule has 0 aromatic carbocycles. The predicted molar refractivity (Wildman–Crippen MR) is 71.5 cm³/mol. The molecule has 0 saturated carbocycles. The van der Waals surface area contributed by atoms with E-state index < -0.39 is 0 Å². The van der Waals surface area contributed by atoms with Crippen LogP contribution in [0.25, 0.3) is 0 Å². The van der Waals surface area contributed by atoms with Gasteiger partial charge in [0.1, 0.15) is 0 Å². The van der Waals surface area contributed by atoms with E-state index in [1.807, 2.05) is 25.1 Å². The number of hydrogen-bond donors (Lipinski definition) is 1. The van der Waals surface area contributed by atoms with Gasteiger partial charge in [-0.15, -0.1) is 11.3 Å². The largest absolute Gasteiger partial charge is 0.307 e. The van der Waals surface area contributed by atoms with Gasteiger partial charge in [0.05, 0.1) is 9.48 Å². The van der Waals surface area contributed by atoms with Crippen molar-refractivity contribution in [1.82, 2.24) is 10.3 Å². The molecule has 0 aliphatic rings. The Morgan fingerprint density at radius 1 is 1.38 bits per heavy atom. The Morgan fingerprint density at radius 2 is 2.25 bits per heavy atom. The Morgan fingerprint density at radius 3 is 2.94 bits per heavy atom. The first-order chi connectivity index (χ1) is 7.74. The van der Waals surface area contributed by atoms with Crippen molar-refractivity contribution in [2.24, 2.45) is 0 Å². The molecule has 16 heavy (non-hydrogen) atoms. The van der Waals surface area contributed by atoms with Gasteiger partial charge in [0, 0.05) is 18.8 Å². The summed E-state index contributed by atoms with van der Waals surface area (Å²) in [5.41, 5.74) is 3.47. The Balaban J connectivity index is 1.84. The van der Waals surface area contributed by atoms with Crippen molar-refractivity contribution >= 4 is 27.3 Å². The van der Waals surface area contributed by atoms with E-state index in [1.165, 1.54) is 9.35 Å². The topological polar surface area (TPSA) is 24.9 Å². The molecule has 0 spiro atoms. The van der Waals surface area contributed by atoms with Gasteiger partial charge in [0.15, 0.2) is 0 Å². The summed E-state index contributed by atoms with van der Waals surface area (Å²) in [7, 11) is 0. The van der Waals surface area contributed by atoms with Gasteiger partial charge in [-0.25, -0.2) is 0 Å². The summed E-state index contributed by atoms with van der Waals surface area (Å²) in [6.45, 7) is 3.71. The van der Waals surface area contributed by atoms with Gasteiger partial charge >= 0.3 is 0 Å². The lowest BCUT2D eigenvalue weighted by atomic mass is 10.3. The fourth-order valence-corrected chi connectivity index (χ4v) is 2.68. The lowest BCUT2D eigenvalue weighted by Gasteiger charge is -2.03. The Kier molecular flexibility index (Phi) is 4.09. The van der Waals surface area contributed by atoms with Crippen LogP contribution in [0.2, 0.25) is 0 Å². The van der Waals surface area contributed by atoms with Crippen molar-refractivity contribution in [1.29, 1.82) is 0 Å². The van der Waals surface area contributed by atoms with Crippen LogP contribution in [0.5, 0.6) is 0 Å². The van der Waals surface area contributed by atoms with Crippen LogP contribution in [-0.2, 0) is 13.1 Å². The van der Waals surface area contributed by atoms with Crippen molar-refractivity contribution in [3.63, 3.8) is 0 Å². The van der Waals surface area contributed by atoms with E-state index in [0.717, 1.165) is 24.5 Å². The fourth-order valence-electron chi connectivity index (χ4n) is 1.47. The van der Waals surface area contributed by atoms with Gasteiger partial charge in [-0.05, 0) is 52.0 Å². The van der Waals surface area contributed by atoms with E-state index in [4.69, 9.17) is 0 Å². The quantitative estimate of drug-likeness (QED) is 0.934. The van der Waals surface area contributed by atoms with Gasteiger partial charge in [0.25, 0.3) is 0 Å². The van der Waals surface area contributed by atoms with E-state index in [1.54, 1.807) is 11.3 Å². The lowest BCUT2D eigenvalue weighted by molar-refractivity contribution is 0.679. The molecule has 0 aliphatic heterocycles. The number of aromatic nitrogens is 1. The highest BCUT2D eigenvalue weighted by molar-refractivity contribution is 9.11. The van der Waals surface area contributed by atoms with Crippen LogP contribution in [0.4, 0.5) is 0 Å². The number of rotatable bonds is 4. The molecule has 0 saturated heterocycles. The summed E-state index contributed by atoms with van der Waals surface area (Å²) < 4.78 is 1.18. The minimum absolute atomic E-state index is 0.815. The molecule has 4 heteroatoms. The zero-order valence-electron chi connectivity index (χ0n) is 9.03. The molecule has 0 fully saturated rings. The first kappa shape index (κ1) is 11.8. The summed E-state index contributed by atoms with van der Waals surface area (Å²) in [6, 6.07) is 8.24. The van der Waals surface area contributed by atoms with Crippen molar-refractivity contribution in [2.45, 2.75) is 20.0 Å². The lowest BCUT2D eigenvalue weighted by Crippen LogP contribution is -2.13. The van der Waals surface area contributed by atoms with Crippen LogP contribution >= 0.6 is 27.3 Å². The zero-order chi connectivity index (χ0) is 11.4. The first-order valence-electron chi connectivity index (χ1n) is 5.10. The van der Waals surface area contributed by atoms with Gasteiger partial charge in [-0.2, -0.15) is 0 Å². The normalized spacial score (nSPS) is 10.6. The molecule has 0 amide bonds. The third-order valence-electron chi connectivity index (χ3n) is 2.20. The van der Waals surface area contributed by atoms with Gasteiger partial charge in [-0.3, -0.25) is 4.98 Å². The SMILES string of the molecule is Cc1cccc(CNCc2csc(Br)c2)n1. The molecular formula is C12H13BrN2S. The summed E-state index contributed by atoms with van der Waals surface area (Å²) in [6.07, 6.45) is 0. The van der Waals surface area contributed by atoms with Gasteiger partial charge in [-0.1, -0.05) is 6.07 Å². The molecule has 0 unspecified atom stereocenters. The van der Waals surface area contributed by atoms with Crippen LogP contribution in [0.3, 0.4) is 0 Å². The minimum Gasteiger partial charge on any atom is -0.307 e. The molecule has 0 bridgehead atoms. The molecular weight excluding hydrogens is 284 g/mol. The summed E-state index contributed by atoms with van der Waals surface area (Å²) >= 11 is 5.17. The van der Waals surface area contributed by atoms with Crippen molar-refractivity contribution < 1.29 is 0 Å². The van der Waals surface area contributed by atoms with E-state index in [-0.39, 0.29) is 0 Å². The number of pyridine rings is 1. The second kappa shape index (κ2) is 5.57. The maximum atomic E-state index is 4.44. The van der Waals surface area contributed by atoms with Gasteiger partial charge < -0.3 is 5.32 Å². The second-order valence-electron chi connectivity index (χ2n) is 3.63. The summed E-state index contributed by atoms with van der Waals surface area (Å²) in [5.74, 6) is 0. The van der Waals surface area contributed by atoms with E-state index in [0.29, 0.717) is 0 Å². The van der Waals surface area contributed by atoms with Crippen LogP contribution in [0, 0.1) is 6.92 Å². The third-order valence-corrected chi connectivity index (χ3v) is 3.76. The second-order valence-corrected chi connectivity index (χ2v) is 5.92. The Labute approximate surface area is 108 Å². The molecule has 2 aromatic heterocycles. The molecule has 0 aliphatic carbocycles. The molecule has 0 atom stereocenters. The summed E-state index contributed by atoms with van der Waals surface area (Å²) in [4.78, 5) is 4.44. The van der Waals surface area contributed by atoms with Crippen molar-refractivity contribution in [3.8, 4) is 0 Å². The molecule has 2 nitrogen and oxygen atoms in total. The molecule has 2 heterocycles. The molecule has 1 N–H and O–H groups in total. The van der Waals surface area contributed by atoms with E-state index in [9.17, 15) is 0 Å². The Bertz CT molecular complexity index is 468. The van der Waals surface area contributed by atoms with E-state index >= 15 is 0 Å². The average molecular weight is 297 g/mol. The number of aryl methyl sites for hydroxylation is 1. The molecule has 84 valence electrons. The van der Waals surface area contributed by atoms with Crippen LogP contribution in [0.15, 0.2) is 33.4 Å². The predicted octanol–water partition coefficient (Wildman–Crippen LogP) is 3.50. The van der Waals surface area contributed by atoms with Crippen LogP contribution in [0.1, 0.15) is 17.0 Å². The maximum absolute atomic E-state index is 4.44. The number of halogens is 1. The molecule has 2 rings (SSSR count). The van der Waals surface area contributed by atoms with E-state index in [2.05, 4.69) is 37.7 Å². The first-order valence-corrected chi connectivity index (χ1v) is 6.77. The highest BCUT2D eigenvalue weighted by atomic mass is 79.9. The van der Waals surface area contributed by atoms with Crippen LogP contribution < -0.4 is 5.32 Å². The molecule has 0 radical (unpaired) electrons. The average Bonchev–Trinajstić information content (AvgIpc) is 2.64. The zero-order valence-corrected chi connectivity index (χ0v) is 11.4. The van der Waals surface area contributed by atoms with Crippen molar-refractivity contribution in [2.75, 3.05) is 0 Å². The molecule has 2 aromatic rings. The standard InChI is InChI=1S/C12H13BrN2S/c1-9-3-2-4-11(15-9)7-14-6-10-5-12(13)16-8-10/h2-5,8,14H,6-7H2,1H3. The van der Waals surface area contributed by atoms with Crippen molar-refractivity contribution in [3.05, 3.63) is 50.4 Å². The summed E-state index contributed by atoms with van der Waals surface area (Å²) in [5, 5.41) is 5.54. The number of nitrogens with one attached hydrogen (secondary N) is 1. The third kappa shape index (κ3) is 3.40. The number of nitrogens with zero attached hydrogens (tertiary/aromatic N) is 1. The minimum atomic E-state index is 0.815. The smallest absolute Gasteiger partial charge is 0.0701 e. The van der Waals surface area contributed by atoms with Gasteiger partial charge in [0.2, 0.25) is 0 Å². The maximum Gasteiger partial charge on any atom is 0.0701 e.